The van der Waals surface area contributed by atoms with Gasteiger partial charge in [0.15, 0.2) is 11.6 Å². The molecule has 10 heteroatoms. The Morgan fingerprint density at radius 1 is 1.04 bits per heavy atom. The molecule has 0 aliphatic heterocycles. The Morgan fingerprint density at radius 2 is 1.63 bits per heavy atom. The highest BCUT2D eigenvalue weighted by molar-refractivity contribution is 8.23. The normalized spacial score (nSPS) is 11.7. The van der Waals surface area contributed by atoms with Gasteiger partial charge in [0.2, 0.25) is 0 Å². The van der Waals surface area contributed by atoms with Crippen LogP contribution in [0, 0.1) is 5.82 Å². The van der Waals surface area contributed by atoms with Crippen molar-refractivity contribution in [1.29, 1.82) is 0 Å². The Kier molecular flexibility index (Phi) is 5.21. The van der Waals surface area contributed by atoms with Gasteiger partial charge in [0.25, 0.3) is 0 Å². The predicted molar refractivity (Wildman–Crippen MR) is 105 cm³/mol. The largest absolute Gasteiger partial charge is 0.368 e. The van der Waals surface area contributed by atoms with E-state index in [0.717, 1.165) is 0 Å². The summed E-state index contributed by atoms with van der Waals surface area (Å²) in [4.78, 5) is 27.5. The second-order valence-corrected chi connectivity index (χ2v) is 7.23. The van der Waals surface area contributed by atoms with Gasteiger partial charge in [-0.25, -0.2) is 14.0 Å². The summed E-state index contributed by atoms with van der Waals surface area (Å²) in [6, 6.07) is 15.1. The van der Waals surface area contributed by atoms with Crippen molar-refractivity contribution in [3.8, 4) is 0 Å². The molecule has 4 N–H and O–H groups in total. The van der Waals surface area contributed by atoms with Crippen LogP contribution in [0.1, 0.15) is 2.85 Å². The van der Waals surface area contributed by atoms with Crippen molar-refractivity contribution in [2.75, 3.05) is 10.6 Å². The van der Waals surface area contributed by atoms with E-state index in [9.17, 15) is 23.1 Å². The molecular formula is C17H19FN4O4S. The minimum absolute atomic E-state index is 0. The molecule has 1 aromatic heterocycles. The minimum atomic E-state index is -3.81. The number of benzene rings is 2. The van der Waals surface area contributed by atoms with Gasteiger partial charge in [-0.15, -0.1) is 0 Å². The molecule has 0 fully saturated rings. The average molecular weight is 394 g/mol. The number of hydrogen-bond acceptors (Lipinski definition) is 5. The fourth-order valence-electron chi connectivity index (χ4n) is 2.20. The van der Waals surface area contributed by atoms with Crippen molar-refractivity contribution in [3.63, 3.8) is 0 Å². The van der Waals surface area contributed by atoms with E-state index in [1.165, 1.54) is 12.1 Å². The average Bonchev–Trinajstić information content (AvgIpc) is 2.65. The minimum Gasteiger partial charge on any atom is -0.308 e. The summed E-state index contributed by atoms with van der Waals surface area (Å²) in [6.07, 6.45) is 0.593. The number of para-hydroxylation sites is 1. The summed E-state index contributed by atoms with van der Waals surface area (Å²) in [7, 11) is -3.81. The van der Waals surface area contributed by atoms with E-state index in [1.54, 1.807) is 48.5 Å². The maximum Gasteiger partial charge on any atom is 0.368 e. The molecule has 0 saturated heterocycles. The maximum absolute atomic E-state index is 14.3. The first kappa shape index (κ1) is 18.6. The van der Waals surface area contributed by atoms with Crippen molar-refractivity contribution in [2.45, 2.75) is 4.90 Å². The molecule has 0 atom stereocenters. The topological polar surface area (TPSA) is 116 Å². The molecule has 3 rings (SSSR count). The van der Waals surface area contributed by atoms with Crippen LogP contribution in [-0.4, -0.2) is 24.1 Å². The van der Waals surface area contributed by atoms with Crippen LogP contribution in [0.3, 0.4) is 0 Å². The number of rotatable bonds is 4. The molecule has 0 bridgehead atoms. The first-order chi connectivity index (χ1) is 12.9. The summed E-state index contributed by atoms with van der Waals surface area (Å²) in [5, 5.41) is 4.56. The molecule has 0 radical (unpaired) electrons. The second-order valence-electron chi connectivity index (χ2n) is 5.32. The zero-order valence-corrected chi connectivity index (χ0v) is 14.6. The highest BCUT2D eigenvalue weighted by Gasteiger charge is 2.22. The molecular weight excluding hydrogens is 375 g/mol. The van der Waals surface area contributed by atoms with Gasteiger partial charge >= 0.3 is 11.7 Å². The molecule has 0 aliphatic carbocycles. The van der Waals surface area contributed by atoms with Crippen LogP contribution in [0.25, 0.3) is 0 Å². The van der Waals surface area contributed by atoms with E-state index in [0.29, 0.717) is 15.9 Å². The lowest BCUT2D eigenvalue weighted by Crippen LogP contribution is -2.30. The number of urea groups is 1. The van der Waals surface area contributed by atoms with Gasteiger partial charge in [0, 0.05) is 8.54 Å². The van der Waals surface area contributed by atoms with Crippen LogP contribution in [-0.2, 0) is 0 Å². The molecule has 3 aromatic rings. The highest BCUT2D eigenvalue weighted by atomic mass is 32.3. The fraction of sp³-hybridized carbons (Fsp3) is 0. The van der Waals surface area contributed by atoms with Gasteiger partial charge in [0.05, 0.1) is 11.1 Å². The lowest BCUT2D eigenvalue weighted by atomic mass is 10.3. The number of halogens is 1. The van der Waals surface area contributed by atoms with Crippen molar-refractivity contribution in [1.82, 2.24) is 8.96 Å². The van der Waals surface area contributed by atoms with Crippen LogP contribution in [0.4, 0.5) is 20.7 Å². The van der Waals surface area contributed by atoms with E-state index in [4.69, 9.17) is 0 Å². The van der Waals surface area contributed by atoms with E-state index < -0.39 is 34.1 Å². The Morgan fingerprint density at radius 3 is 2.26 bits per heavy atom. The SMILES string of the molecule is O=C(Nc1ccccc1)Nc1nc(=O)n(S(O)(O)c2ccccc2)cc1F.[HH].[HH]. The number of anilines is 2. The number of hydrogen-bond donors (Lipinski definition) is 4. The smallest absolute Gasteiger partial charge is 0.308 e. The zero-order valence-electron chi connectivity index (χ0n) is 13.7. The summed E-state index contributed by atoms with van der Waals surface area (Å²) >= 11 is 0. The van der Waals surface area contributed by atoms with E-state index in [-0.39, 0.29) is 7.75 Å². The highest BCUT2D eigenvalue weighted by Crippen LogP contribution is 2.47. The van der Waals surface area contributed by atoms with Gasteiger partial charge in [-0.3, -0.25) is 14.4 Å². The molecule has 0 aliphatic rings. The standard InChI is InChI=1S/C17H15FN4O4S.2H2/c18-14-11-22(27(25,26)13-9-5-2-6-10-13)17(24)21-15(14)20-16(23)19-12-7-3-1-4-8-12;;/h1-11,25-26H,(H2,19,20,21,23,24);2*1H. The molecule has 0 saturated carbocycles. The summed E-state index contributed by atoms with van der Waals surface area (Å²) in [6.45, 7) is 0. The fourth-order valence-corrected chi connectivity index (χ4v) is 3.44. The van der Waals surface area contributed by atoms with Crippen LogP contribution in [0.15, 0.2) is 76.6 Å². The summed E-state index contributed by atoms with van der Waals surface area (Å²) in [5.41, 5.74) is -0.669. The monoisotopic (exact) mass is 394 g/mol. The molecule has 1 heterocycles. The summed E-state index contributed by atoms with van der Waals surface area (Å²) in [5.74, 6) is -1.73. The zero-order chi connectivity index (χ0) is 19.4. The van der Waals surface area contributed by atoms with Gasteiger partial charge in [0.1, 0.15) is 0 Å². The Bertz CT molecular complexity index is 1020. The van der Waals surface area contributed by atoms with Gasteiger partial charge in [-0.05, 0) is 24.3 Å². The number of carbonyl (C=O) groups excluding carboxylic acids is 1. The Hall–Kier alpha value is -3.21. The van der Waals surface area contributed by atoms with Crippen molar-refractivity contribution < 1.29 is 21.1 Å². The van der Waals surface area contributed by atoms with Crippen LogP contribution < -0.4 is 16.3 Å². The third-order valence-corrected chi connectivity index (χ3v) is 5.16. The molecule has 8 nitrogen and oxygen atoms in total. The van der Waals surface area contributed by atoms with Crippen LogP contribution >= 0.6 is 10.8 Å². The number of carbonyl (C=O) groups is 1. The first-order valence-corrected chi connectivity index (χ1v) is 9.14. The molecule has 2 aromatic carbocycles. The number of nitrogens with zero attached hydrogens (tertiary/aromatic N) is 2. The van der Waals surface area contributed by atoms with Gasteiger partial charge < -0.3 is 5.32 Å². The molecule has 0 spiro atoms. The van der Waals surface area contributed by atoms with Crippen molar-refractivity contribution in [3.05, 3.63) is 83.2 Å². The van der Waals surface area contributed by atoms with Crippen molar-refractivity contribution >= 4 is 28.3 Å². The number of nitrogens with one attached hydrogen (secondary N) is 2. The molecule has 144 valence electrons. The molecule has 2 amide bonds. The van der Waals surface area contributed by atoms with Crippen LogP contribution in [0.2, 0.25) is 0 Å². The summed E-state index contributed by atoms with van der Waals surface area (Å²) < 4.78 is 35.4. The quantitative estimate of drug-likeness (QED) is 0.532. The van der Waals surface area contributed by atoms with E-state index >= 15 is 0 Å². The van der Waals surface area contributed by atoms with E-state index in [1.807, 2.05) is 0 Å². The Balaban J connectivity index is 0.00000210. The van der Waals surface area contributed by atoms with Gasteiger partial charge in [-0.2, -0.15) is 8.96 Å². The maximum atomic E-state index is 14.3. The number of amides is 2. The Labute approximate surface area is 157 Å². The lowest BCUT2D eigenvalue weighted by Gasteiger charge is -2.33. The second kappa shape index (κ2) is 7.58. The first-order valence-electron chi connectivity index (χ1n) is 7.64. The van der Waals surface area contributed by atoms with Crippen molar-refractivity contribution in [2.24, 2.45) is 0 Å². The van der Waals surface area contributed by atoms with Crippen LogP contribution in [0.5, 0.6) is 0 Å². The predicted octanol–water partition coefficient (Wildman–Crippen LogP) is 4.09. The number of aromatic nitrogens is 2. The third-order valence-electron chi connectivity index (χ3n) is 3.45. The van der Waals surface area contributed by atoms with Gasteiger partial charge in [-0.1, -0.05) is 47.2 Å². The molecule has 27 heavy (non-hydrogen) atoms. The third kappa shape index (κ3) is 4.14. The van der Waals surface area contributed by atoms with E-state index in [2.05, 4.69) is 15.6 Å². The molecule has 0 unspecified atom stereocenters. The lowest BCUT2D eigenvalue weighted by molar-refractivity contribution is 0.262.